The lowest BCUT2D eigenvalue weighted by atomic mass is 10.1. The molecule has 1 fully saturated rings. The molecule has 156 valence electrons. The zero-order chi connectivity index (χ0) is 20.6. The van der Waals surface area contributed by atoms with E-state index in [0.29, 0.717) is 63.0 Å². The Morgan fingerprint density at radius 3 is 2.59 bits per heavy atom. The smallest absolute Gasteiger partial charge is 0.257 e. The van der Waals surface area contributed by atoms with E-state index in [1.165, 1.54) is 0 Å². The van der Waals surface area contributed by atoms with Gasteiger partial charge in [0.15, 0.2) is 5.82 Å². The molecular weight excluding hydrogens is 372 g/mol. The van der Waals surface area contributed by atoms with Crippen molar-refractivity contribution in [2.75, 3.05) is 39.9 Å². The van der Waals surface area contributed by atoms with Gasteiger partial charge in [-0.15, -0.1) is 0 Å². The van der Waals surface area contributed by atoms with Gasteiger partial charge in [0.05, 0.1) is 13.2 Å². The number of hydrogen-bond donors (Lipinski definition) is 0. The Bertz CT molecular complexity index is 812. The first-order valence-electron chi connectivity index (χ1n) is 10.1. The number of carbonyl (C=O) groups excluding carboxylic acids is 2. The van der Waals surface area contributed by atoms with Crippen LogP contribution in [0.25, 0.3) is 11.5 Å². The maximum absolute atomic E-state index is 12.5. The third kappa shape index (κ3) is 5.63. The molecule has 8 nitrogen and oxygen atoms in total. The summed E-state index contributed by atoms with van der Waals surface area (Å²) in [5, 5.41) is 4.00. The van der Waals surface area contributed by atoms with Gasteiger partial charge in [-0.25, -0.2) is 0 Å². The van der Waals surface area contributed by atoms with Crippen molar-refractivity contribution in [1.82, 2.24) is 19.9 Å². The Morgan fingerprint density at radius 1 is 1.17 bits per heavy atom. The number of morpholine rings is 1. The van der Waals surface area contributed by atoms with Gasteiger partial charge in [-0.2, -0.15) is 4.98 Å². The summed E-state index contributed by atoms with van der Waals surface area (Å²) in [6.45, 7) is 5.00. The molecule has 0 saturated carbocycles. The Morgan fingerprint density at radius 2 is 1.90 bits per heavy atom. The first-order valence-corrected chi connectivity index (χ1v) is 10.1. The average Bonchev–Trinajstić information content (AvgIpc) is 3.25. The van der Waals surface area contributed by atoms with Crippen LogP contribution in [-0.4, -0.2) is 71.7 Å². The van der Waals surface area contributed by atoms with Crippen molar-refractivity contribution in [2.24, 2.45) is 0 Å². The first kappa shape index (κ1) is 21.0. The molecule has 0 spiro atoms. The molecule has 0 bridgehead atoms. The van der Waals surface area contributed by atoms with Gasteiger partial charge < -0.3 is 19.1 Å². The Labute approximate surface area is 170 Å². The molecule has 0 N–H and O–H groups in total. The zero-order valence-electron chi connectivity index (χ0n) is 17.1. The van der Waals surface area contributed by atoms with Gasteiger partial charge in [0.2, 0.25) is 5.91 Å². The van der Waals surface area contributed by atoms with E-state index in [9.17, 15) is 9.59 Å². The minimum Gasteiger partial charge on any atom is -0.378 e. The average molecular weight is 400 g/mol. The first-order chi connectivity index (χ1) is 14.1. The van der Waals surface area contributed by atoms with Gasteiger partial charge in [0.25, 0.3) is 11.8 Å². The minimum absolute atomic E-state index is 0.00171. The van der Waals surface area contributed by atoms with Gasteiger partial charge >= 0.3 is 0 Å². The fourth-order valence-corrected chi connectivity index (χ4v) is 3.09. The fraction of sp³-hybridized carbons (Fsp3) is 0.524. The summed E-state index contributed by atoms with van der Waals surface area (Å²) in [6.07, 6.45) is 3.01. The van der Waals surface area contributed by atoms with E-state index in [1.807, 2.05) is 12.1 Å². The summed E-state index contributed by atoms with van der Waals surface area (Å²) in [7, 11) is 1.79. The van der Waals surface area contributed by atoms with E-state index < -0.39 is 0 Å². The highest BCUT2D eigenvalue weighted by atomic mass is 16.5. The number of amides is 2. The van der Waals surface area contributed by atoms with Crippen molar-refractivity contribution >= 4 is 11.8 Å². The summed E-state index contributed by atoms with van der Waals surface area (Å²) in [6, 6.07) is 7.17. The van der Waals surface area contributed by atoms with Gasteiger partial charge in [-0.1, -0.05) is 18.5 Å². The van der Waals surface area contributed by atoms with Gasteiger partial charge in [0.1, 0.15) is 0 Å². The van der Waals surface area contributed by atoms with Crippen LogP contribution in [-0.2, 0) is 16.0 Å². The van der Waals surface area contributed by atoms with Crippen molar-refractivity contribution in [3.63, 3.8) is 0 Å². The molecule has 3 rings (SSSR count). The number of rotatable bonds is 8. The largest absolute Gasteiger partial charge is 0.378 e. The van der Waals surface area contributed by atoms with Gasteiger partial charge in [0, 0.05) is 50.7 Å². The number of hydrogen-bond acceptors (Lipinski definition) is 6. The highest BCUT2D eigenvalue weighted by Gasteiger charge is 2.19. The van der Waals surface area contributed by atoms with Crippen molar-refractivity contribution in [3.8, 4) is 11.5 Å². The lowest BCUT2D eigenvalue weighted by Crippen LogP contribution is -2.40. The van der Waals surface area contributed by atoms with Crippen LogP contribution in [0.4, 0.5) is 0 Å². The van der Waals surface area contributed by atoms with Gasteiger partial charge in [-0.3, -0.25) is 9.59 Å². The topological polar surface area (TPSA) is 88.8 Å². The van der Waals surface area contributed by atoms with Crippen molar-refractivity contribution in [2.45, 2.75) is 32.6 Å². The lowest BCUT2D eigenvalue weighted by Gasteiger charge is -2.26. The van der Waals surface area contributed by atoms with Crippen LogP contribution < -0.4 is 0 Å². The number of ether oxygens (including phenoxy) is 1. The summed E-state index contributed by atoms with van der Waals surface area (Å²) in [5.41, 5.74) is 1.39. The molecule has 0 aliphatic carbocycles. The molecule has 1 aliphatic rings. The summed E-state index contributed by atoms with van der Waals surface area (Å²) in [4.78, 5) is 32.4. The zero-order valence-corrected chi connectivity index (χ0v) is 17.1. The second-order valence-electron chi connectivity index (χ2n) is 7.17. The monoisotopic (exact) mass is 400 g/mol. The van der Waals surface area contributed by atoms with E-state index in [4.69, 9.17) is 9.26 Å². The highest BCUT2D eigenvalue weighted by Crippen LogP contribution is 2.19. The maximum Gasteiger partial charge on any atom is 0.257 e. The van der Waals surface area contributed by atoms with Crippen LogP contribution in [0.1, 0.15) is 42.4 Å². The summed E-state index contributed by atoms with van der Waals surface area (Å²) in [5.74, 6) is 1.10. The standard InChI is InChI=1S/C21H28N4O4/c1-3-4-5-19(26)24(2)11-10-18-22-20(29-23-18)16-6-8-17(9-7-16)21(27)25-12-14-28-15-13-25/h6-9H,3-5,10-15H2,1-2H3. The van der Waals surface area contributed by atoms with Crippen molar-refractivity contribution in [1.29, 1.82) is 0 Å². The number of nitrogens with zero attached hydrogens (tertiary/aromatic N) is 4. The second-order valence-corrected chi connectivity index (χ2v) is 7.17. The fourth-order valence-electron chi connectivity index (χ4n) is 3.09. The molecule has 0 radical (unpaired) electrons. The van der Waals surface area contributed by atoms with Gasteiger partial charge in [-0.05, 0) is 30.7 Å². The molecule has 2 heterocycles. The van der Waals surface area contributed by atoms with E-state index in [1.54, 1.807) is 29.0 Å². The predicted octanol–water partition coefficient (Wildman–Crippen LogP) is 2.40. The van der Waals surface area contributed by atoms with Crippen LogP contribution in [0, 0.1) is 0 Å². The highest BCUT2D eigenvalue weighted by molar-refractivity contribution is 5.94. The number of likely N-dealkylation sites (N-methyl/N-ethyl adjacent to an activating group) is 1. The molecule has 1 aliphatic heterocycles. The molecule has 1 saturated heterocycles. The molecule has 0 unspecified atom stereocenters. The molecule has 2 amide bonds. The third-order valence-electron chi connectivity index (χ3n) is 4.99. The molecule has 1 aromatic heterocycles. The summed E-state index contributed by atoms with van der Waals surface area (Å²) < 4.78 is 10.6. The number of aromatic nitrogens is 2. The van der Waals surface area contributed by atoms with Crippen LogP contribution in [0.5, 0.6) is 0 Å². The number of benzene rings is 1. The second kappa shape index (κ2) is 10.2. The van der Waals surface area contributed by atoms with Crippen LogP contribution in [0.15, 0.2) is 28.8 Å². The Hall–Kier alpha value is -2.74. The number of unbranched alkanes of at least 4 members (excludes halogenated alkanes) is 1. The lowest BCUT2D eigenvalue weighted by molar-refractivity contribution is -0.130. The van der Waals surface area contributed by atoms with E-state index in [2.05, 4.69) is 17.1 Å². The Balaban J connectivity index is 1.56. The van der Waals surface area contributed by atoms with E-state index in [0.717, 1.165) is 18.4 Å². The van der Waals surface area contributed by atoms with Crippen molar-refractivity contribution in [3.05, 3.63) is 35.7 Å². The predicted molar refractivity (Wildman–Crippen MR) is 107 cm³/mol. The molecule has 8 heteroatoms. The van der Waals surface area contributed by atoms with Crippen LogP contribution >= 0.6 is 0 Å². The van der Waals surface area contributed by atoms with E-state index in [-0.39, 0.29) is 11.8 Å². The summed E-state index contributed by atoms with van der Waals surface area (Å²) >= 11 is 0. The van der Waals surface area contributed by atoms with Crippen LogP contribution in [0.3, 0.4) is 0 Å². The van der Waals surface area contributed by atoms with E-state index >= 15 is 0 Å². The molecule has 0 atom stereocenters. The quantitative estimate of drug-likeness (QED) is 0.676. The maximum atomic E-state index is 12.5. The van der Waals surface area contributed by atoms with Crippen molar-refractivity contribution < 1.29 is 18.8 Å². The molecule has 1 aromatic carbocycles. The number of carbonyl (C=O) groups is 2. The Kier molecular flexibility index (Phi) is 7.35. The SMILES string of the molecule is CCCCC(=O)N(C)CCc1noc(-c2ccc(C(=O)N3CCOCC3)cc2)n1. The normalized spacial score (nSPS) is 14.1. The van der Waals surface area contributed by atoms with Crippen LogP contribution in [0.2, 0.25) is 0 Å². The molecule has 2 aromatic rings. The molecule has 29 heavy (non-hydrogen) atoms. The molecular formula is C21H28N4O4. The third-order valence-corrected chi connectivity index (χ3v) is 4.99. The minimum atomic E-state index is 0.00171.